The average molecular weight is 1810 g/mol. The second kappa shape index (κ2) is 84.3. The quantitative estimate of drug-likeness (QED) is 0.00876. The Labute approximate surface area is 730 Å². The van der Waals surface area contributed by atoms with Crippen LogP contribution in [0.4, 0.5) is 0 Å². The second-order valence-electron chi connectivity index (χ2n) is 34.5. The van der Waals surface area contributed by atoms with E-state index in [2.05, 4.69) is 90.6 Å². The number of quaternary nitrogens is 1. The fourth-order valence-electron chi connectivity index (χ4n) is 11.1. The maximum Gasteiger partial charge on any atom is 0.313 e. The lowest BCUT2D eigenvalue weighted by molar-refractivity contribution is -0.870. The summed E-state index contributed by atoms with van der Waals surface area (Å²) in [5.41, 5.74) is 0. The third-order valence-electron chi connectivity index (χ3n) is 20.5. The zero-order valence-electron chi connectivity index (χ0n) is 77.5. The van der Waals surface area contributed by atoms with Crippen LogP contribution in [0.3, 0.4) is 0 Å². The molecule has 0 fully saturated rings. The van der Waals surface area contributed by atoms with Gasteiger partial charge >= 0.3 is 17.9 Å². The number of phosphoric ester groups is 1. The highest BCUT2D eigenvalue weighted by atomic mass is 79.9. The number of hydrogen-bond donors (Lipinski definition) is 5. The predicted molar refractivity (Wildman–Crippen MR) is 498 cm³/mol. The number of nitrogens with zero attached hydrogens (tertiary/aromatic N) is 1. The van der Waals surface area contributed by atoms with E-state index in [1.165, 1.54) is 180 Å². The lowest BCUT2D eigenvalue weighted by Crippen LogP contribution is -2.40. The molecule has 20 nitrogen and oxygen atoms in total. The molecule has 694 valence electrons. The van der Waals surface area contributed by atoms with Crippen LogP contribution in [0.1, 0.15) is 356 Å². The Hall–Kier alpha value is -2.58. The number of halogens is 1. The van der Waals surface area contributed by atoms with Gasteiger partial charge in [0.25, 0.3) is 7.82 Å². The van der Waals surface area contributed by atoms with Crippen molar-refractivity contribution in [3.05, 3.63) is 72.5 Å². The number of aliphatic hydroxyl groups is 4. The smallest absolute Gasteiger partial charge is 0.313 e. The number of aliphatic carboxylic acids is 1. The Kier molecular flexibility index (Phi) is 87.0. The number of rotatable bonds is 67. The topological polar surface area (TPSA) is 287 Å². The van der Waals surface area contributed by atoms with Gasteiger partial charge in [-0.05, 0) is 143 Å². The molecule has 5 N–H and O–H groups in total. The third-order valence-corrected chi connectivity index (χ3v) is 31.1. The molecule has 0 aromatic carbocycles. The monoisotopic (exact) mass is 1800 g/mol. The summed E-state index contributed by atoms with van der Waals surface area (Å²) in [6.45, 7) is 29.9. The number of carbonyl (C=O) groups excluding carboxylic acids is 2. The molecule has 2 unspecified atom stereocenters. The van der Waals surface area contributed by atoms with Gasteiger partial charge in [-0.3, -0.25) is 18.9 Å². The molecule has 0 saturated carbocycles. The van der Waals surface area contributed by atoms with Crippen LogP contribution in [0.5, 0.6) is 0 Å². The van der Waals surface area contributed by atoms with E-state index in [0.29, 0.717) is 75.3 Å². The van der Waals surface area contributed by atoms with Gasteiger partial charge in [0, 0.05) is 70.7 Å². The van der Waals surface area contributed by atoms with Crippen molar-refractivity contribution in [3.8, 4) is 0 Å². The molecule has 0 aliphatic carbocycles. The van der Waals surface area contributed by atoms with Crippen LogP contribution in [-0.2, 0) is 65.6 Å². The Morgan fingerprint density at radius 3 is 1.15 bits per heavy atom. The van der Waals surface area contributed by atoms with E-state index in [-0.39, 0.29) is 33.5 Å². The minimum Gasteiger partial charge on any atom is -0.756 e. The van der Waals surface area contributed by atoms with E-state index in [1.807, 2.05) is 52.1 Å². The third kappa shape index (κ3) is 88.1. The Bertz CT molecular complexity index is 2540. The Morgan fingerprint density at radius 2 is 0.821 bits per heavy atom. The van der Waals surface area contributed by atoms with Gasteiger partial charge in [0.05, 0.1) is 47.8 Å². The van der Waals surface area contributed by atoms with Crippen molar-refractivity contribution in [2.75, 3.05) is 99.1 Å². The molecule has 0 radical (unpaired) electrons. The molecule has 0 aliphatic heterocycles. The van der Waals surface area contributed by atoms with Gasteiger partial charge in [-0.25, -0.2) is 0 Å². The second-order valence-corrected chi connectivity index (χ2v) is 46.3. The molecule has 3 aromatic heterocycles. The van der Waals surface area contributed by atoms with Crippen LogP contribution < -0.4 is 4.89 Å². The summed E-state index contributed by atoms with van der Waals surface area (Å²) < 4.78 is 67.3. The summed E-state index contributed by atoms with van der Waals surface area (Å²) in [5.74, 6) is 0.760. The van der Waals surface area contributed by atoms with Crippen LogP contribution >= 0.6 is 32.9 Å². The maximum absolute atomic E-state index is 12.3. The normalized spacial score (nSPS) is 12.4. The van der Waals surface area contributed by atoms with Crippen molar-refractivity contribution in [2.45, 2.75) is 400 Å². The number of aliphatic hydroxyl groups excluding tert-OH is 4. The molecule has 3 rings (SSSR count). The number of aryl methyl sites for hydroxylation is 2. The highest BCUT2D eigenvalue weighted by Crippen LogP contribution is 2.39. The summed E-state index contributed by atoms with van der Waals surface area (Å²) in [6.07, 6.45) is 55.9. The highest BCUT2D eigenvalue weighted by Gasteiger charge is 2.38. The molecule has 0 aliphatic rings. The van der Waals surface area contributed by atoms with E-state index in [1.54, 1.807) is 24.7 Å². The van der Waals surface area contributed by atoms with Crippen LogP contribution in [-0.4, -0.2) is 171 Å². The van der Waals surface area contributed by atoms with Crippen molar-refractivity contribution >= 4 is 67.5 Å². The number of unbranched alkanes of at least 4 members (excludes halogenated alkanes) is 36. The largest absolute Gasteiger partial charge is 0.756 e. The van der Waals surface area contributed by atoms with Gasteiger partial charge in [0.2, 0.25) is 0 Å². The molecule has 0 saturated heterocycles. The molecular weight excluding hydrogens is 1620 g/mol. The number of phosphoric acid groups is 1. The van der Waals surface area contributed by atoms with E-state index >= 15 is 0 Å². The lowest BCUT2D eigenvalue weighted by Gasteiger charge is -2.36. The summed E-state index contributed by atoms with van der Waals surface area (Å²) in [6, 6.07) is 11.1. The fourth-order valence-corrected chi connectivity index (χ4v) is 14.4. The fraction of sp³-hybridized carbons (Fsp3) is 0.837. The first-order valence-corrected chi connectivity index (χ1v) is 54.5. The van der Waals surface area contributed by atoms with Crippen LogP contribution in [0.2, 0.25) is 36.3 Å². The summed E-state index contributed by atoms with van der Waals surface area (Å²) in [7, 11) is -1.60. The average Bonchev–Trinajstić information content (AvgIpc) is 1.80. The van der Waals surface area contributed by atoms with Gasteiger partial charge in [0.15, 0.2) is 22.7 Å². The Balaban J connectivity index is -0.000000463. The lowest BCUT2D eigenvalue weighted by atomic mass is 10.0. The number of carboxylic acid groups (broad SMARTS) is 1. The number of likely N-dealkylation sites (N-methyl/N-ethyl adjacent to an activating group) is 1. The zero-order chi connectivity index (χ0) is 88.5. The first-order valence-electron chi connectivity index (χ1n) is 45.6. The first-order chi connectivity index (χ1) is 55.7. The minimum atomic E-state index is -4.63. The minimum absolute atomic E-state index is 0. The SMILES string of the molecule is C.CC(C)(C)[Si](C)(C)OCCCCCCCCBr.CC(C)(C)[Si](C)(C)OCCCCCCCCO.CCCCCCCCCCCCCCCC(=O)OC[C@H](COP(=O)([O-])OCC[N+](C)(C)C)OC(=O)Cc1ccco1.O=C(O)CCCCCCCc1ccco1.OCCCCCCCCO.OCCCCCCCCc1ccco1.[2H]PC. The van der Waals surface area contributed by atoms with Crippen molar-refractivity contribution in [2.24, 2.45) is 0 Å². The van der Waals surface area contributed by atoms with Gasteiger partial charge in [-0.15, -0.1) is 9.18 Å². The highest BCUT2D eigenvalue weighted by molar-refractivity contribution is 9.09. The van der Waals surface area contributed by atoms with Crippen LogP contribution in [0.25, 0.3) is 0 Å². The van der Waals surface area contributed by atoms with E-state index < -0.39 is 55.1 Å². The van der Waals surface area contributed by atoms with E-state index in [0.717, 1.165) is 133 Å². The first kappa shape index (κ1) is 121. The molecule has 117 heavy (non-hydrogen) atoms. The Morgan fingerprint density at radius 1 is 0.496 bits per heavy atom. The van der Waals surface area contributed by atoms with Gasteiger partial charge in [-0.1, -0.05) is 278 Å². The number of carboxylic acids is 1. The zero-order valence-corrected chi connectivity index (χ0v) is 82.0. The standard InChI is InChI=1S/C30H54NO9P.C14H31BrOSi.C14H32O2Si.C12H18O3.C12H20O2.C8H18O2.CH5P.CH4/c1-5-6-7-8-9-10-11-12-13-14-15-16-17-20-29(32)37-25-28(40-30(33)24-27-19-18-22-36-27)26-39-41(34,35)38-23-21-31(2,3)4;2*1-14(2,3)17(4,5)16-13-11-9-7-6-8-10-12-15;13-12(14)9-5-3-1-2-4-7-11-8-6-10-15-11;13-10-6-4-2-1-3-5-8-12-9-7-11-14-12;9-7-5-3-1-2-4-6-8-10;1-2;/h18-19,22,28H,5-17,20-21,23-26H2,1-4H3;6-13H2,1-5H3;15H,6-13H2,1-5H3;6,8,10H,1-5,7,9H2,(H,13,14);7,9,11,13H,1-6,8,10H2;9-10H,1-8H2;2H2,1H3;1H4/t28-;;;;;;;/m1......./s1/i;;;;;;2D;. The van der Waals surface area contributed by atoms with E-state index in [4.69, 9.17) is 67.4 Å². The predicted octanol–water partition coefficient (Wildman–Crippen LogP) is 24.9. The molecule has 3 atom stereocenters. The van der Waals surface area contributed by atoms with Gasteiger partial charge < -0.3 is 75.5 Å². The summed E-state index contributed by atoms with van der Waals surface area (Å²) in [4.78, 5) is 47.0. The summed E-state index contributed by atoms with van der Waals surface area (Å²) >= 11 is 3.47. The van der Waals surface area contributed by atoms with E-state index in [9.17, 15) is 23.8 Å². The van der Waals surface area contributed by atoms with Gasteiger partial charge in [-0.2, -0.15) is 0 Å². The van der Waals surface area contributed by atoms with Gasteiger partial charge in [0.1, 0.15) is 43.5 Å². The van der Waals surface area contributed by atoms with Crippen molar-refractivity contribution in [1.82, 2.24) is 0 Å². The molecule has 3 heterocycles. The number of carbonyl (C=O) groups is 3. The summed E-state index contributed by atoms with van der Waals surface area (Å²) in [5, 5.41) is 44.4. The van der Waals surface area contributed by atoms with Crippen molar-refractivity contribution in [1.29, 1.82) is 1.28 Å². The van der Waals surface area contributed by atoms with Crippen molar-refractivity contribution < 1.29 is 94.5 Å². The molecule has 3 aromatic rings. The molecule has 0 spiro atoms. The maximum atomic E-state index is 12.3. The number of alkyl halides is 1. The molecule has 25 heteroatoms. The number of furan rings is 3. The number of ether oxygens (including phenoxy) is 2. The van der Waals surface area contributed by atoms with Crippen molar-refractivity contribution in [3.63, 3.8) is 0 Å². The van der Waals surface area contributed by atoms with Crippen LogP contribution in [0, 0.1) is 0 Å². The number of esters is 2. The van der Waals surface area contributed by atoms with Crippen LogP contribution in [0.15, 0.2) is 68.4 Å². The molecule has 0 bridgehead atoms. The number of hydrogen-bond acceptors (Lipinski definition) is 18. The molecular formula is C92H182BrNO19P2Si2. The molecule has 0 amide bonds.